The summed E-state index contributed by atoms with van der Waals surface area (Å²) in [4.78, 5) is 11.3. The molecule has 4 nitrogen and oxygen atoms in total. The summed E-state index contributed by atoms with van der Waals surface area (Å²) in [6.45, 7) is 1.93. The maximum Gasteiger partial charge on any atom is 0.269 e. The molecule has 0 bridgehead atoms. The first kappa shape index (κ1) is 10.8. The third-order valence-electron chi connectivity index (χ3n) is 1.80. The van der Waals surface area contributed by atoms with E-state index in [9.17, 15) is 4.79 Å². The van der Waals surface area contributed by atoms with Crippen LogP contribution in [0.5, 0.6) is 0 Å². The summed E-state index contributed by atoms with van der Waals surface area (Å²) in [7, 11) is 0. The fourth-order valence-corrected chi connectivity index (χ4v) is 0.974. The van der Waals surface area contributed by atoms with Gasteiger partial charge in [-0.15, -0.1) is 0 Å². The Balaban J connectivity index is 2.76. The third kappa shape index (κ3) is 2.85. The van der Waals surface area contributed by atoms with Gasteiger partial charge in [-0.2, -0.15) is 5.26 Å². The fraction of sp³-hybridized carbons (Fsp3) is 0.0909. The van der Waals surface area contributed by atoms with Gasteiger partial charge in [-0.25, -0.2) is 0 Å². The van der Waals surface area contributed by atoms with Gasteiger partial charge in [0.1, 0.15) is 12.3 Å². The fourth-order valence-electron chi connectivity index (χ4n) is 0.974. The molecule has 0 aliphatic carbocycles. The Morgan fingerprint density at radius 3 is 2.53 bits per heavy atom. The van der Waals surface area contributed by atoms with Gasteiger partial charge >= 0.3 is 0 Å². The van der Waals surface area contributed by atoms with Crippen LogP contribution in [-0.2, 0) is 4.79 Å². The molecular weight excluding hydrogens is 192 g/mol. The van der Waals surface area contributed by atoms with Crippen LogP contribution in [0.4, 0.5) is 5.69 Å². The number of nitrogens with zero attached hydrogens (tertiary/aromatic N) is 1. The summed E-state index contributed by atoms with van der Waals surface area (Å²) in [6.07, 6.45) is 0.490. The molecule has 4 heteroatoms. The van der Waals surface area contributed by atoms with Gasteiger partial charge in [0, 0.05) is 5.69 Å². The van der Waals surface area contributed by atoms with E-state index in [0.717, 1.165) is 5.56 Å². The summed E-state index contributed by atoms with van der Waals surface area (Å²) in [5, 5.41) is 19.5. The van der Waals surface area contributed by atoms with Crippen molar-refractivity contribution in [1.82, 2.24) is 0 Å². The SMILES string of the molecule is Cc1ccc(NC(=O)/C(C#N)=C\O)cc1. The van der Waals surface area contributed by atoms with Gasteiger partial charge in [-0.05, 0) is 19.1 Å². The number of carbonyl (C=O) groups is 1. The first-order chi connectivity index (χ1) is 7.17. The van der Waals surface area contributed by atoms with Gasteiger partial charge in [0.25, 0.3) is 5.91 Å². The van der Waals surface area contributed by atoms with Crippen molar-refractivity contribution in [3.8, 4) is 6.07 Å². The molecule has 76 valence electrons. The highest BCUT2D eigenvalue weighted by Gasteiger charge is 2.08. The number of amides is 1. The Kier molecular flexibility index (Phi) is 3.47. The average Bonchev–Trinajstić information content (AvgIpc) is 2.23. The van der Waals surface area contributed by atoms with Crippen molar-refractivity contribution in [2.75, 3.05) is 5.32 Å². The minimum absolute atomic E-state index is 0.324. The number of benzene rings is 1. The second-order valence-electron chi connectivity index (χ2n) is 2.97. The van der Waals surface area contributed by atoms with E-state index in [-0.39, 0.29) is 5.57 Å². The number of nitriles is 1. The summed E-state index contributed by atoms with van der Waals surface area (Å²) in [5.74, 6) is -0.621. The molecule has 1 aromatic rings. The summed E-state index contributed by atoms with van der Waals surface area (Å²) in [6, 6.07) is 8.70. The van der Waals surface area contributed by atoms with Crippen molar-refractivity contribution in [3.05, 3.63) is 41.7 Å². The summed E-state index contributed by atoms with van der Waals surface area (Å²) < 4.78 is 0. The molecule has 0 unspecified atom stereocenters. The van der Waals surface area contributed by atoms with Crippen molar-refractivity contribution in [3.63, 3.8) is 0 Å². The van der Waals surface area contributed by atoms with E-state index in [0.29, 0.717) is 11.9 Å². The smallest absolute Gasteiger partial charge is 0.269 e. The Bertz CT molecular complexity index is 427. The van der Waals surface area contributed by atoms with Crippen LogP contribution < -0.4 is 5.32 Å². The molecule has 0 heterocycles. The highest BCUT2D eigenvalue weighted by atomic mass is 16.2. The van der Waals surface area contributed by atoms with Gasteiger partial charge in [0.2, 0.25) is 0 Å². The minimum atomic E-state index is -0.621. The second kappa shape index (κ2) is 4.82. The number of anilines is 1. The van der Waals surface area contributed by atoms with Gasteiger partial charge in [0.05, 0.1) is 0 Å². The van der Waals surface area contributed by atoms with E-state index in [4.69, 9.17) is 10.4 Å². The molecule has 0 aliphatic heterocycles. The second-order valence-corrected chi connectivity index (χ2v) is 2.97. The van der Waals surface area contributed by atoms with Crippen LogP contribution >= 0.6 is 0 Å². The predicted octanol–water partition coefficient (Wildman–Crippen LogP) is 1.90. The van der Waals surface area contributed by atoms with Crippen molar-refractivity contribution >= 4 is 11.6 Å². The zero-order valence-corrected chi connectivity index (χ0v) is 8.19. The lowest BCUT2D eigenvalue weighted by Gasteiger charge is -2.03. The minimum Gasteiger partial charge on any atom is -0.514 e. The number of aryl methyl sites for hydroxylation is 1. The third-order valence-corrected chi connectivity index (χ3v) is 1.80. The van der Waals surface area contributed by atoms with Crippen LogP contribution in [-0.4, -0.2) is 11.0 Å². The molecule has 0 saturated carbocycles. The van der Waals surface area contributed by atoms with E-state index in [1.165, 1.54) is 0 Å². The van der Waals surface area contributed by atoms with Crippen molar-refractivity contribution < 1.29 is 9.90 Å². The van der Waals surface area contributed by atoms with Crippen LogP contribution in [0.25, 0.3) is 0 Å². The Morgan fingerprint density at radius 1 is 1.47 bits per heavy atom. The van der Waals surface area contributed by atoms with Crippen LogP contribution in [0, 0.1) is 18.3 Å². The molecule has 0 spiro atoms. The van der Waals surface area contributed by atoms with Crippen LogP contribution in [0.3, 0.4) is 0 Å². The number of hydrogen-bond acceptors (Lipinski definition) is 3. The van der Waals surface area contributed by atoms with E-state index in [2.05, 4.69) is 5.32 Å². The van der Waals surface area contributed by atoms with Crippen LogP contribution in [0.2, 0.25) is 0 Å². The Hall–Kier alpha value is -2.28. The molecule has 0 fully saturated rings. The molecule has 15 heavy (non-hydrogen) atoms. The first-order valence-corrected chi connectivity index (χ1v) is 4.30. The van der Waals surface area contributed by atoms with E-state index in [1.807, 2.05) is 19.1 Å². The maximum atomic E-state index is 11.3. The van der Waals surface area contributed by atoms with Crippen LogP contribution in [0.1, 0.15) is 5.56 Å². The molecule has 0 atom stereocenters. The standard InChI is InChI=1S/C11H10N2O2/c1-8-2-4-10(5-3-8)13-11(15)9(6-12)7-14/h2-5,7,14H,1H3,(H,13,15)/b9-7-. The van der Waals surface area contributed by atoms with Gasteiger partial charge in [-0.3, -0.25) is 4.79 Å². The molecular formula is C11H10N2O2. The lowest BCUT2D eigenvalue weighted by molar-refractivity contribution is -0.112. The van der Waals surface area contributed by atoms with Crippen molar-refractivity contribution in [2.24, 2.45) is 0 Å². The number of aliphatic hydroxyl groups excluding tert-OH is 1. The van der Waals surface area contributed by atoms with E-state index >= 15 is 0 Å². The molecule has 0 saturated heterocycles. The number of carbonyl (C=O) groups excluding carboxylic acids is 1. The zero-order valence-electron chi connectivity index (χ0n) is 8.19. The lowest BCUT2D eigenvalue weighted by Crippen LogP contribution is -2.13. The summed E-state index contributed by atoms with van der Waals surface area (Å²) >= 11 is 0. The lowest BCUT2D eigenvalue weighted by atomic mass is 10.2. The number of hydrogen-bond donors (Lipinski definition) is 2. The highest BCUT2D eigenvalue weighted by Crippen LogP contribution is 2.09. The molecule has 1 amide bonds. The number of aliphatic hydroxyl groups is 1. The molecule has 0 aromatic heterocycles. The van der Waals surface area contributed by atoms with Crippen molar-refractivity contribution in [1.29, 1.82) is 5.26 Å². The van der Waals surface area contributed by atoms with Gasteiger partial charge in [-0.1, -0.05) is 17.7 Å². The zero-order chi connectivity index (χ0) is 11.3. The predicted molar refractivity (Wildman–Crippen MR) is 56.1 cm³/mol. The first-order valence-electron chi connectivity index (χ1n) is 4.30. The highest BCUT2D eigenvalue weighted by molar-refractivity contribution is 6.06. The number of rotatable bonds is 2. The quantitative estimate of drug-likeness (QED) is 0.437. The van der Waals surface area contributed by atoms with Gasteiger partial charge in [0.15, 0.2) is 5.57 Å². The van der Waals surface area contributed by atoms with Crippen molar-refractivity contribution in [2.45, 2.75) is 6.92 Å². The molecule has 2 N–H and O–H groups in total. The molecule has 0 radical (unpaired) electrons. The number of nitrogens with one attached hydrogen (secondary N) is 1. The Morgan fingerprint density at radius 2 is 2.07 bits per heavy atom. The summed E-state index contributed by atoms with van der Waals surface area (Å²) in [5.41, 5.74) is 1.34. The molecule has 1 aromatic carbocycles. The Labute approximate surface area is 87.5 Å². The van der Waals surface area contributed by atoms with E-state index < -0.39 is 5.91 Å². The maximum absolute atomic E-state index is 11.3. The van der Waals surface area contributed by atoms with E-state index in [1.54, 1.807) is 18.2 Å². The molecule has 0 aliphatic rings. The molecule has 1 rings (SSSR count). The van der Waals surface area contributed by atoms with Crippen LogP contribution in [0.15, 0.2) is 36.1 Å². The largest absolute Gasteiger partial charge is 0.514 e. The average molecular weight is 202 g/mol. The topological polar surface area (TPSA) is 73.1 Å². The normalized spacial score (nSPS) is 10.5. The van der Waals surface area contributed by atoms with Gasteiger partial charge < -0.3 is 10.4 Å². The monoisotopic (exact) mass is 202 g/mol.